The van der Waals surface area contributed by atoms with Gasteiger partial charge in [0.1, 0.15) is 12.3 Å². The lowest BCUT2D eigenvalue weighted by Crippen LogP contribution is -2.57. The molecule has 0 N–H and O–H groups in total. The first-order chi connectivity index (χ1) is 15.1. The molecule has 0 aliphatic carbocycles. The van der Waals surface area contributed by atoms with Crippen LogP contribution in [0.3, 0.4) is 0 Å². The van der Waals surface area contributed by atoms with Gasteiger partial charge in [-0.1, -0.05) is 23.2 Å². The van der Waals surface area contributed by atoms with Gasteiger partial charge < -0.3 is 19.3 Å². The second kappa shape index (κ2) is 9.76. The van der Waals surface area contributed by atoms with Crippen LogP contribution in [0.1, 0.15) is 11.4 Å². The molecule has 0 saturated carbocycles. The van der Waals surface area contributed by atoms with Gasteiger partial charge in [0.25, 0.3) is 0 Å². The van der Waals surface area contributed by atoms with E-state index in [1.54, 1.807) is 18.1 Å². The number of hydrogen-bond donors (Lipinski definition) is 0. The van der Waals surface area contributed by atoms with Crippen molar-refractivity contribution in [1.82, 2.24) is 14.7 Å². The Balaban J connectivity index is 1.75. The van der Waals surface area contributed by atoms with Crippen molar-refractivity contribution in [3.05, 3.63) is 39.6 Å². The van der Waals surface area contributed by atoms with Crippen LogP contribution in [0.5, 0.6) is 5.75 Å². The highest BCUT2D eigenvalue weighted by molar-refractivity contribution is 6.32. The summed E-state index contributed by atoms with van der Waals surface area (Å²) in [7, 11) is 3.09. The van der Waals surface area contributed by atoms with Crippen molar-refractivity contribution in [3.8, 4) is 5.75 Å². The number of alkyl halides is 3. The fourth-order valence-corrected chi connectivity index (χ4v) is 4.11. The molecule has 1 aliphatic rings. The Morgan fingerprint density at radius 1 is 1.25 bits per heavy atom. The summed E-state index contributed by atoms with van der Waals surface area (Å²) in [6.45, 7) is 2.62. The fourth-order valence-electron chi connectivity index (χ4n) is 3.67. The van der Waals surface area contributed by atoms with E-state index in [0.29, 0.717) is 37.0 Å². The van der Waals surface area contributed by atoms with Gasteiger partial charge in [0.05, 0.1) is 35.5 Å². The molecular weight excluding hydrogens is 472 g/mol. The number of rotatable bonds is 6. The van der Waals surface area contributed by atoms with Gasteiger partial charge in [0.15, 0.2) is 5.69 Å². The third-order valence-corrected chi connectivity index (χ3v) is 6.11. The monoisotopic (exact) mass is 494 g/mol. The molecule has 1 saturated heterocycles. The van der Waals surface area contributed by atoms with Crippen molar-refractivity contribution < 1.29 is 27.4 Å². The fraction of sp³-hybridized carbons (Fsp3) is 0.500. The first kappa shape index (κ1) is 24.5. The molecule has 0 spiro atoms. The van der Waals surface area contributed by atoms with Gasteiger partial charge in [-0.05, 0) is 19.1 Å². The predicted octanol–water partition coefficient (Wildman–Crippen LogP) is 3.89. The second-order valence-corrected chi connectivity index (χ2v) is 8.15. The van der Waals surface area contributed by atoms with Crippen LogP contribution < -0.4 is 9.64 Å². The molecule has 2 aromatic rings. The Labute approximate surface area is 193 Å². The molecule has 3 rings (SSSR count). The number of carbonyl (C=O) groups excluding carboxylic acids is 1. The summed E-state index contributed by atoms with van der Waals surface area (Å²) >= 11 is 11.9. The predicted molar refractivity (Wildman–Crippen MR) is 115 cm³/mol. The average Bonchev–Trinajstić information content (AvgIpc) is 3.03. The Bertz CT molecular complexity index is 984. The Kier molecular flexibility index (Phi) is 7.46. The Morgan fingerprint density at radius 2 is 1.97 bits per heavy atom. The lowest BCUT2D eigenvalue weighted by molar-refractivity contribution is -0.142. The first-order valence-electron chi connectivity index (χ1n) is 9.73. The minimum atomic E-state index is -4.69. The van der Waals surface area contributed by atoms with Gasteiger partial charge in [-0.2, -0.15) is 18.3 Å². The number of benzene rings is 1. The minimum absolute atomic E-state index is 0.0904. The lowest BCUT2D eigenvalue weighted by Gasteiger charge is -2.42. The molecule has 0 radical (unpaired) electrons. The van der Waals surface area contributed by atoms with Crippen LogP contribution in [0.25, 0.3) is 0 Å². The van der Waals surface area contributed by atoms with E-state index in [4.69, 9.17) is 32.7 Å². The quantitative estimate of drug-likeness (QED) is 0.609. The molecule has 176 valence electrons. The molecule has 1 amide bonds. The van der Waals surface area contributed by atoms with Crippen LogP contribution in [0.15, 0.2) is 18.2 Å². The van der Waals surface area contributed by atoms with Crippen LogP contribution in [0, 0.1) is 6.92 Å². The first-order valence-corrected chi connectivity index (χ1v) is 10.5. The number of ether oxygens (including phenoxy) is 2. The van der Waals surface area contributed by atoms with Crippen molar-refractivity contribution in [2.75, 3.05) is 45.4 Å². The van der Waals surface area contributed by atoms with E-state index < -0.39 is 16.9 Å². The molecule has 0 bridgehead atoms. The van der Waals surface area contributed by atoms with Gasteiger partial charge in [-0.25, -0.2) is 0 Å². The van der Waals surface area contributed by atoms with E-state index in [1.165, 1.54) is 14.0 Å². The number of piperazine rings is 1. The zero-order valence-corrected chi connectivity index (χ0v) is 19.3. The lowest BCUT2D eigenvalue weighted by atomic mass is 10.1. The number of methoxy groups -OCH3 is 2. The number of nitrogens with zero attached hydrogens (tertiary/aromatic N) is 4. The van der Waals surface area contributed by atoms with Crippen molar-refractivity contribution in [2.45, 2.75) is 25.7 Å². The third-order valence-electron chi connectivity index (χ3n) is 5.35. The largest absolute Gasteiger partial charge is 0.495 e. The maximum atomic E-state index is 13.1. The van der Waals surface area contributed by atoms with E-state index >= 15 is 0 Å². The molecule has 1 aromatic heterocycles. The molecule has 2 heterocycles. The normalized spacial score (nSPS) is 17.1. The number of hydrogen-bond acceptors (Lipinski definition) is 5. The van der Waals surface area contributed by atoms with E-state index in [0.717, 1.165) is 10.4 Å². The summed E-state index contributed by atoms with van der Waals surface area (Å²) in [6.07, 6.45) is -4.69. The summed E-state index contributed by atoms with van der Waals surface area (Å²) in [5.41, 5.74) is -0.235. The summed E-state index contributed by atoms with van der Waals surface area (Å²) in [4.78, 5) is 16.6. The third kappa shape index (κ3) is 5.07. The van der Waals surface area contributed by atoms with Crippen LogP contribution in [-0.2, 0) is 22.3 Å². The molecule has 32 heavy (non-hydrogen) atoms. The van der Waals surface area contributed by atoms with Gasteiger partial charge in [-0.3, -0.25) is 9.48 Å². The summed E-state index contributed by atoms with van der Waals surface area (Å²) in [5, 5.41) is 3.50. The SMILES string of the molecule is COCC1CN(C(=O)Cn2nc(C(F)(F)F)c(Cl)c2C)CCN1c1ccc(Cl)c(OC)c1. The van der Waals surface area contributed by atoms with Gasteiger partial charge >= 0.3 is 6.18 Å². The number of carbonyl (C=O) groups is 1. The zero-order chi connectivity index (χ0) is 23.6. The van der Waals surface area contributed by atoms with Crippen LogP contribution in [0.2, 0.25) is 10.0 Å². The van der Waals surface area contributed by atoms with E-state index in [1.807, 2.05) is 12.1 Å². The molecule has 7 nitrogen and oxygen atoms in total. The zero-order valence-electron chi connectivity index (χ0n) is 17.7. The number of anilines is 1. The van der Waals surface area contributed by atoms with Crippen molar-refractivity contribution in [2.24, 2.45) is 0 Å². The minimum Gasteiger partial charge on any atom is -0.495 e. The van der Waals surface area contributed by atoms with Gasteiger partial charge in [-0.15, -0.1) is 0 Å². The summed E-state index contributed by atoms with van der Waals surface area (Å²) < 4.78 is 50.8. The van der Waals surface area contributed by atoms with Crippen LogP contribution in [0.4, 0.5) is 18.9 Å². The van der Waals surface area contributed by atoms with Crippen molar-refractivity contribution >= 4 is 34.8 Å². The van der Waals surface area contributed by atoms with E-state index in [2.05, 4.69) is 10.00 Å². The average molecular weight is 495 g/mol. The number of aromatic nitrogens is 2. The van der Waals surface area contributed by atoms with Crippen LogP contribution >= 0.6 is 23.2 Å². The smallest absolute Gasteiger partial charge is 0.436 e. The molecule has 1 atom stereocenters. The van der Waals surface area contributed by atoms with Gasteiger partial charge in [0, 0.05) is 38.5 Å². The highest BCUT2D eigenvalue weighted by atomic mass is 35.5. The maximum Gasteiger partial charge on any atom is 0.436 e. The van der Waals surface area contributed by atoms with E-state index in [-0.39, 0.29) is 24.2 Å². The summed E-state index contributed by atoms with van der Waals surface area (Å²) in [6, 6.07) is 5.24. The number of amides is 1. The van der Waals surface area contributed by atoms with Crippen molar-refractivity contribution in [1.29, 1.82) is 0 Å². The Hall–Kier alpha value is -2.17. The molecule has 1 unspecified atom stereocenters. The number of halogens is 5. The molecule has 12 heteroatoms. The molecule has 1 aromatic carbocycles. The maximum absolute atomic E-state index is 13.1. The topological polar surface area (TPSA) is 59.8 Å². The second-order valence-electron chi connectivity index (χ2n) is 7.36. The van der Waals surface area contributed by atoms with Gasteiger partial charge in [0.2, 0.25) is 5.91 Å². The highest BCUT2D eigenvalue weighted by Crippen LogP contribution is 2.35. The Morgan fingerprint density at radius 3 is 2.56 bits per heavy atom. The molecule has 1 aliphatic heterocycles. The standard InChI is InChI=1S/C20H23Cl2F3N4O3/c1-12-18(22)19(20(23,24)25)26-29(12)10-17(30)27-6-7-28(14(9-27)11-31-2)13-4-5-15(21)16(8-13)32-3/h4-5,8,14H,6-7,9-11H2,1-3H3. The van der Waals surface area contributed by atoms with Crippen molar-refractivity contribution in [3.63, 3.8) is 0 Å². The van der Waals surface area contributed by atoms with Crippen LogP contribution in [-0.4, -0.2) is 67.1 Å². The van der Waals surface area contributed by atoms with E-state index in [9.17, 15) is 18.0 Å². The molecular formula is C20H23Cl2F3N4O3. The molecule has 1 fully saturated rings. The highest BCUT2D eigenvalue weighted by Gasteiger charge is 2.39. The summed E-state index contributed by atoms with van der Waals surface area (Å²) in [5.74, 6) is 0.181.